The first-order valence-electron chi connectivity index (χ1n) is 4.98. The second-order valence-electron chi connectivity index (χ2n) is 3.75. The average molecular weight is 188 g/mol. The smallest absolute Gasteiger partial charge is 0.0460 e. The van der Waals surface area contributed by atoms with Crippen LogP contribution >= 0.6 is 0 Å². The van der Waals surface area contributed by atoms with Gasteiger partial charge in [-0.2, -0.15) is 0 Å². The van der Waals surface area contributed by atoms with Gasteiger partial charge in [-0.3, -0.25) is 0 Å². The largest absolute Gasteiger partial charge is 0.361 e. The quantitative estimate of drug-likeness (QED) is 0.745. The minimum Gasteiger partial charge on any atom is -0.361 e. The van der Waals surface area contributed by atoms with Gasteiger partial charge in [0, 0.05) is 23.1 Å². The van der Waals surface area contributed by atoms with Crippen LogP contribution in [0.3, 0.4) is 0 Å². The van der Waals surface area contributed by atoms with Crippen molar-refractivity contribution < 1.29 is 0 Å². The highest BCUT2D eigenvalue weighted by atomic mass is 14.9. The molecule has 1 atom stereocenters. The van der Waals surface area contributed by atoms with Crippen molar-refractivity contribution in [2.24, 2.45) is 0 Å². The molecule has 0 spiro atoms. The van der Waals surface area contributed by atoms with Crippen LogP contribution in [0.5, 0.6) is 0 Å². The molecule has 0 fully saturated rings. The number of hydrogen-bond donors (Lipinski definition) is 2. The maximum absolute atomic E-state index is 3.30. The molecule has 0 saturated heterocycles. The maximum atomic E-state index is 3.30. The third-order valence-electron chi connectivity index (χ3n) is 2.84. The van der Waals surface area contributed by atoms with Crippen molar-refractivity contribution in [3.63, 3.8) is 0 Å². The van der Waals surface area contributed by atoms with Crippen molar-refractivity contribution >= 4 is 10.9 Å². The number of H-pyrrole nitrogens is 1. The van der Waals surface area contributed by atoms with Crippen molar-refractivity contribution in [2.45, 2.75) is 19.9 Å². The van der Waals surface area contributed by atoms with E-state index < -0.39 is 0 Å². The van der Waals surface area contributed by atoms with Crippen LogP contribution in [0.2, 0.25) is 0 Å². The van der Waals surface area contributed by atoms with E-state index in [1.54, 1.807) is 0 Å². The molecule has 2 rings (SSSR count). The monoisotopic (exact) mass is 188 g/mol. The van der Waals surface area contributed by atoms with Crippen molar-refractivity contribution in [1.82, 2.24) is 10.3 Å². The van der Waals surface area contributed by atoms with Crippen LogP contribution in [0, 0.1) is 6.92 Å². The van der Waals surface area contributed by atoms with Gasteiger partial charge in [-0.15, -0.1) is 0 Å². The summed E-state index contributed by atoms with van der Waals surface area (Å²) in [6.07, 6.45) is 2.10. The summed E-state index contributed by atoms with van der Waals surface area (Å²) >= 11 is 0. The predicted octanol–water partition coefficient (Wildman–Crippen LogP) is 2.76. The van der Waals surface area contributed by atoms with Crippen LogP contribution < -0.4 is 5.32 Å². The van der Waals surface area contributed by atoms with Crippen LogP contribution in [0.4, 0.5) is 0 Å². The molecule has 1 heterocycles. The molecule has 0 aliphatic carbocycles. The first-order chi connectivity index (χ1) is 6.74. The molecule has 1 unspecified atom stereocenters. The Morgan fingerprint density at radius 3 is 2.86 bits per heavy atom. The molecule has 2 heteroatoms. The standard InChI is InChI=1S/C12H16N2/c1-8-5-4-6-11-12(8)10(7-14-11)9(2)13-3/h4-7,9,13-14H,1-3H3. The summed E-state index contributed by atoms with van der Waals surface area (Å²) in [4.78, 5) is 3.30. The lowest BCUT2D eigenvalue weighted by molar-refractivity contribution is 0.657. The predicted molar refractivity (Wildman–Crippen MR) is 60.5 cm³/mol. The normalized spacial score (nSPS) is 13.4. The van der Waals surface area contributed by atoms with Crippen LogP contribution in [0.25, 0.3) is 10.9 Å². The van der Waals surface area contributed by atoms with E-state index in [1.165, 1.54) is 22.0 Å². The molecule has 2 nitrogen and oxygen atoms in total. The molecule has 1 aromatic heterocycles. The van der Waals surface area contributed by atoms with Crippen LogP contribution in [0.1, 0.15) is 24.1 Å². The van der Waals surface area contributed by atoms with Crippen LogP contribution in [-0.2, 0) is 0 Å². The van der Waals surface area contributed by atoms with Gasteiger partial charge >= 0.3 is 0 Å². The molecule has 14 heavy (non-hydrogen) atoms. The Kier molecular flexibility index (Phi) is 2.30. The molecule has 0 aliphatic rings. The first-order valence-corrected chi connectivity index (χ1v) is 4.98. The second kappa shape index (κ2) is 3.46. The summed E-state index contributed by atoms with van der Waals surface area (Å²) in [7, 11) is 1.99. The fraction of sp³-hybridized carbons (Fsp3) is 0.333. The molecule has 0 amide bonds. The molecule has 1 aromatic carbocycles. The van der Waals surface area contributed by atoms with E-state index >= 15 is 0 Å². The van der Waals surface area contributed by atoms with Gasteiger partial charge in [0.1, 0.15) is 0 Å². The third kappa shape index (κ3) is 1.32. The Morgan fingerprint density at radius 2 is 2.14 bits per heavy atom. The summed E-state index contributed by atoms with van der Waals surface area (Å²) in [6.45, 7) is 4.33. The van der Waals surface area contributed by atoms with E-state index in [0.717, 1.165) is 0 Å². The SMILES string of the molecule is CNC(C)c1c[nH]c2cccc(C)c12. The average Bonchev–Trinajstić information content (AvgIpc) is 2.62. The van der Waals surface area contributed by atoms with Gasteiger partial charge in [-0.25, -0.2) is 0 Å². The van der Waals surface area contributed by atoms with Crippen molar-refractivity contribution in [2.75, 3.05) is 7.05 Å². The Bertz CT molecular complexity index is 443. The molecule has 0 bridgehead atoms. The minimum absolute atomic E-state index is 0.393. The number of aryl methyl sites for hydroxylation is 1. The van der Waals surface area contributed by atoms with E-state index in [2.05, 4.69) is 48.5 Å². The zero-order valence-corrected chi connectivity index (χ0v) is 8.89. The number of fused-ring (bicyclic) bond motifs is 1. The lowest BCUT2D eigenvalue weighted by atomic mass is 10.0. The molecule has 2 N–H and O–H groups in total. The molecule has 74 valence electrons. The number of aromatic amines is 1. The number of aromatic nitrogens is 1. The van der Waals surface area contributed by atoms with Crippen molar-refractivity contribution in [3.8, 4) is 0 Å². The van der Waals surface area contributed by atoms with Gasteiger partial charge in [-0.1, -0.05) is 12.1 Å². The molecule has 0 saturated carbocycles. The van der Waals surface area contributed by atoms with E-state index in [4.69, 9.17) is 0 Å². The van der Waals surface area contributed by atoms with Gasteiger partial charge in [-0.05, 0) is 38.1 Å². The molecule has 0 aliphatic heterocycles. The van der Waals surface area contributed by atoms with Gasteiger partial charge in [0.05, 0.1) is 0 Å². The van der Waals surface area contributed by atoms with Crippen LogP contribution in [-0.4, -0.2) is 12.0 Å². The summed E-state index contributed by atoms with van der Waals surface area (Å²) in [6, 6.07) is 6.75. The molecular weight excluding hydrogens is 172 g/mol. The highest BCUT2D eigenvalue weighted by Crippen LogP contribution is 2.26. The van der Waals surface area contributed by atoms with Gasteiger partial charge in [0.2, 0.25) is 0 Å². The van der Waals surface area contributed by atoms with Crippen LogP contribution in [0.15, 0.2) is 24.4 Å². The summed E-state index contributed by atoms with van der Waals surface area (Å²) in [5, 5.41) is 4.62. The van der Waals surface area contributed by atoms with E-state index in [9.17, 15) is 0 Å². The highest BCUT2D eigenvalue weighted by molar-refractivity contribution is 5.86. The highest BCUT2D eigenvalue weighted by Gasteiger charge is 2.10. The lowest BCUT2D eigenvalue weighted by Crippen LogP contribution is -2.11. The molecular formula is C12H16N2. The topological polar surface area (TPSA) is 27.8 Å². The fourth-order valence-corrected chi connectivity index (χ4v) is 1.90. The minimum atomic E-state index is 0.393. The number of benzene rings is 1. The number of nitrogens with one attached hydrogen (secondary N) is 2. The van der Waals surface area contributed by atoms with E-state index in [0.29, 0.717) is 6.04 Å². The molecule has 0 radical (unpaired) electrons. The zero-order chi connectivity index (χ0) is 10.1. The van der Waals surface area contributed by atoms with Crippen molar-refractivity contribution in [3.05, 3.63) is 35.5 Å². The van der Waals surface area contributed by atoms with Gasteiger partial charge in [0.15, 0.2) is 0 Å². The summed E-state index contributed by atoms with van der Waals surface area (Å²) in [5.41, 5.74) is 3.91. The third-order valence-corrected chi connectivity index (χ3v) is 2.84. The van der Waals surface area contributed by atoms with E-state index in [-0.39, 0.29) is 0 Å². The Morgan fingerprint density at radius 1 is 1.36 bits per heavy atom. The first kappa shape index (κ1) is 9.28. The number of hydrogen-bond acceptors (Lipinski definition) is 1. The lowest BCUT2D eigenvalue weighted by Gasteiger charge is -2.09. The summed E-state index contributed by atoms with van der Waals surface area (Å²) < 4.78 is 0. The van der Waals surface area contributed by atoms with Gasteiger partial charge < -0.3 is 10.3 Å². The Balaban J connectivity index is 2.67. The maximum Gasteiger partial charge on any atom is 0.0460 e. The molecule has 2 aromatic rings. The van der Waals surface area contributed by atoms with Crippen molar-refractivity contribution in [1.29, 1.82) is 0 Å². The second-order valence-corrected chi connectivity index (χ2v) is 3.75. The van der Waals surface area contributed by atoms with E-state index in [1.807, 2.05) is 7.05 Å². The van der Waals surface area contributed by atoms with Gasteiger partial charge in [0.25, 0.3) is 0 Å². The Hall–Kier alpha value is -1.28. The zero-order valence-electron chi connectivity index (χ0n) is 8.89. The summed E-state index contributed by atoms with van der Waals surface area (Å²) in [5.74, 6) is 0. The fourth-order valence-electron chi connectivity index (χ4n) is 1.90. The number of rotatable bonds is 2. The Labute approximate surface area is 84.3 Å².